The van der Waals surface area contributed by atoms with Crippen LogP contribution in [0.15, 0.2) is 134 Å². The standard InChI is InChI=1S/C43H42N4OSi/c1-42(2,3)30-22-24-45-41(26-30)49(38-20-11-7-16-34(38)43(4,5)35-17-8-12-21-39(35)49)33-15-13-14-32(28-33)48-40-27-31(23-25-44-40)47-29-46(6)36-18-9-10-19-37(36)47/h7-28H,29H2,1-6H3. The number of hydrogen-bond acceptors (Lipinski definition) is 5. The molecule has 0 aliphatic carbocycles. The summed E-state index contributed by atoms with van der Waals surface area (Å²) in [5.74, 6) is 1.33. The zero-order valence-electron chi connectivity index (χ0n) is 29.1. The van der Waals surface area contributed by atoms with Crippen molar-refractivity contribution in [2.75, 3.05) is 23.5 Å². The molecule has 0 atom stereocenters. The van der Waals surface area contributed by atoms with Crippen LogP contribution in [0.25, 0.3) is 0 Å². The normalized spacial score (nSPS) is 15.7. The van der Waals surface area contributed by atoms with Crippen molar-refractivity contribution in [3.8, 4) is 11.6 Å². The molecule has 5 nitrogen and oxygen atoms in total. The number of benzene rings is 4. The molecule has 0 bridgehead atoms. The zero-order chi connectivity index (χ0) is 34.0. The molecule has 0 N–H and O–H groups in total. The van der Waals surface area contributed by atoms with E-state index in [9.17, 15) is 0 Å². The molecule has 2 aliphatic heterocycles. The number of pyridine rings is 2. The highest BCUT2D eigenvalue weighted by atomic mass is 28.3. The van der Waals surface area contributed by atoms with Crippen LogP contribution >= 0.6 is 0 Å². The topological polar surface area (TPSA) is 41.5 Å². The van der Waals surface area contributed by atoms with Crippen molar-refractivity contribution in [3.63, 3.8) is 0 Å². The van der Waals surface area contributed by atoms with E-state index in [0.717, 1.165) is 23.4 Å². The lowest BCUT2D eigenvalue weighted by Crippen LogP contribution is -2.79. The quantitative estimate of drug-likeness (QED) is 0.185. The van der Waals surface area contributed by atoms with E-state index in [-0.39, 0.29) is 10.8 Å². The lowest BCUT2D eigenvalue weighted by atomic mass is 9.77. The highest BCUT2D eigenvalue weighted by Gasteiger charge is 2.52. The smallest absolute Gasteiger partial charge is 0.221 e. The van der Waals surface area contributed by atoms with Gasteiger partial charge in [0.25, 0.3) is 0 Å². The van der Waals surface area contributed by atoms with Crippen LogP contribution in [0, 0.1) is 0 Å². The van der Waals surface area contributed by atoms with Crippen LogP contribution in [0.4, 0.5) is 17.1 Å². The second-order valence-corrected chi connectivity index (χ2v) is 18.6. The van der Waals surface area contributed by atoms with E-state index in [1.54, 1.807) is 0 Å². The van der Waals surface area contributed by atoms with Gasteiger partial charge in [0.2, 0.25) is 14.0 Å². The van der Waals surface area contributed by atoms with Gasteiger partial charge < -0.3 is 14.5 Å². The van der Waals surface area contributed by atoms with Gasteiger partial charge in [-0.15, -0.1) is 0 Å². The molecule has 0 spiro atoms. The Balaban J connectivity index is 1.29. The summed E-state index contributed by atoms with van der Waals surface area (Å²) in [4.78, 5) is 14.5. The summed E-state index contributed by atoms with van der Waals surface area (Å²) in [6.07, 6.45) is 3.85. The molecule has 8 rings (SSSR count). The maximum atomic E-state index is 6.65. The molecule has 0 saturated heterocycles. The van der Waals surface area contributed by atoms with Crippen molar-refractivity contribution in [2.24, 2.45) is 0 Å². The van der Waals surface area contributed by atoms with Crippen molar-refractivity contribution in [3.05, 3.63) is 150 Å². The third-order valence-electron chi connectivity index (χ3n) is 10.5. The van der Waals surface area contributed by atoms with Crippen molar-refractivity contribution in [2.45, 2.75) is 45.4 Å². The van der Waals surface area contributed by atoms with E-state index >= 15 is 0 Å². The first-order valence-corrected chi connectivity index (χ1v) is 19.1. The first-order valence-electron chi connectivity index (χ1n) is 17.1. The summed E-state index contributed by atoms with van der Waals surface area (Å²) in [6, 6.07) is 44.0. The van der Waals surface area contributed by atoms with Gasteiger partial charge in [-0.25, -0.2) is 4.98 Å². The Morgan fingerprint density at radius 2 is 1.35 bits per heavy atom. The van der Waals surface area contributed by atoms with Gasteiger partial charge in [0.15, 0.2) is 0 Å². The van der Waals surface area contributed by atoms with Gasteiger partial charge in [-0.3, -0.25) is 4.98 Å². The molecule has 4 aromatic carbocycles. The molecule has 4 heterocycles. The Kier molecular flexibility index (Phi) is 7.27. The molecular weight excluding hydrogens is 617 g/mol. The third kappa shape index (κ3) is 4.96. The molecule has 0 radical (unpaired) electrons. The van der Waals surface area contributed by atoms with Gasteiger partial charge in [0, 0.05) is 41.9 Å². The minimum Gasteiger partial charge on any atom is -0.439 e. The monoisotopic (exact) mass is 658 g/mol. The van der Waals surface area contributed by atoms with Crippen LogP contribution in [0.5, 0.6) is 11.6 Å². The van der Waals surface area contributed by atoms with Gasteiger partial charge in [-0.05, 0) is 80.1 Å². The molecule has 6 aromatic rings. The Labute approximate surface area is 290 Å². The van der Waals surface area contributed by atoms with Gasteiger partial charge in [0.05, 0.1) is 18.0 Å². The number of hydrogen-bond donors (Lipinski definition) is 0. The molecule has 0 saturated carbocycles. The molecule has 0 fully saturated rings. The molecule has 244 valence electrons. The number of anilines is 3. The number of ether oxygens (including phenoxy) is 1. The largest absolute Gasteiger partial charge is 0.439 e. The second kappa shape index (κ2) is 11.5. The Bertz CT molecular complexity index is 2150. The zero-order valence-corrected chi connectivity index (χ0v) is 30.1. The van der Waals surface area contributed by atoms with Crippen LogP contribution in [0.3, 0.4) is 0 Å². The summed E-state index contributed by atoms with van der Waals surface area (Å²) < 4.78 is 6.65. The maximum Gasteiger partial charge on any atom is 0.221 e. The summed E-state index contributed by atoms with van der Waals surface area (Å²) in [7, 11) is -0.806. The summed E-state index contributed by atoms with van der Waals surface area (Å²) in [6.45, 7) is 12.3. The van der Waals surface area contributed by atoms with E-state index in [0.29, 0.717) is 5.88 Å². The summed E-state index contributed by atoms with van der Waals surface area (Å²) in [5, 5.41) is 5.15. The Hall–Kier alpha value is -5.20. The van der Waals surface area contributed by atoms with Crippen molar-refractivity contribution >= 4 is 46.0 Å². The van der Waals surface area contributed by atoms with Crippen LogP contribution in [0.1, 0.15) is 51.3 Å². The molecule has 2 aromatic heterocycles. The van der Waals surface area contributed by atoms with Gasteiger partial charge >= 0.3 is 0 Å². The van der Waals surface area contributed by atoms with E-state index < -0.39 is 8.07 Å². The fourth-order valence-electron chi connectivity index (χ4n) is 7.97. The van der Waals surface area contributed by atoms with Gasteiger partial charge in [-0.1, -0.05) is 107 Å². The average molecular weight is 659 g/mol. The third-order valence-corrected chi connectivity index (χ3v) is 15.2. The SMILES string of the molecule is CN1CN(c2ccnc(Oc3cccc([Si]4(c5cc(C(C)(C)C)ccn5)c5ccccc5C(C)(C)c5ccccc54)c3)c2)c2ccccc21. The van der Waals surface area contributed by atoms with Crippen LogP contribution in [0.2, 0.25) is 0 Å². The van der Waals surface area contributed by atoms with Gasteiger partial charge in [-0.2, -0.15) is 0 Å². The lowest BCUT2D eigenvalue weighted by Gasteiger charge is -2.46. The highest BCUT2D eigenvalue weighted by Crippen LogP contribution is 2.40. The first-order chi connectivity index (χ1) is 23.6. The van der Waals surface area contributed by atoms with E-state index in [1.807, 2.05) is 30.6 Å². The maximum absolute atomic E-state index is 6.65. The second-order valence-electron chi connectivity index (χ2n) is 14.9. The molecule has 0 amide bonds. The number of aromatic nitrogens is 2. The fourth-order valence-corrected chi connectivity index (χ4v) is 13.4. The predicted molar refractivity (Wildman–Crippen MR) is 205 cm³/mol. The van der Waals surface area contributed by atoms with Crippen LogP contribution in [-0.2, 0) is 10.8 Å². The van der Waals surface area contributed by atoms with Gasteiger partial charge in [0.1, 0.15) is 5.75 Å². The molecule has 6 heteroatoms. The summed E-state index contributed by atoms with van der Waals surface area (Å²) in [5.41, 5.74) is 7.26. The fraction of sp³-hybridized carbons (Fsp3) is 0.209. The lowest BCUT2D eigenvalue weighted by molar-refractivity contribution is 0.463. The number of nitrogens with zero attached hydrogens (tertiary/aromatic N) is 4. The van der Waals surface area contributed by atoms with Crippen molar-refractivity contribution < 1.29 is 4.74 Å². The van der Waals surface area contributed by atoms with E-state index in [2.05, 4.69) is 160 Å². The number of para-hydroxylation sites is 2. The molecular formula is C43H42N4OSi. The van der Waals surface area contributed by atoms with Crippen molar-refractivity contribution in [1.82, 2.24) is 9.97 Å². The van der Waals surface area contributed by atoms with Crippen molar-refractivity contribution in [1.29, 1.82) is 0 Å². The molecule has 0 unspecified atom stereocenters. The summed E-state index contributed by atoms with van der Waals surface area (Å²) >= 11 is 0. The van der Waals surface area contributed by atoms with Crippen LogP contribution in [-0.4, -0.2) is 31.8 Å². The number of rotatable bonds is 5. The van der Waals surface area contributed by atoms with E-state index in [1.165, 1.54) is 43.6 Å². The molecule has 2 aliphatic rings. The van der Waals surface area contributed by atoms with Crippen LogP contribution < -0.4 is 35.4 Å². The minimum absolute atomic E-state index is 0.0213. The highest BCUT2D eigenvalue weighted by molar-refractivity contribution is 7.20. The average Bonchev–Trinajstić information content (AvgIpc) is 3.45. The first kappa shape index (κ1) is 31.1. The Morgan fingerprint density at radius 1 is 0.694 bits per heavy atom. The minimum atomic E-state index is -2.93. The molecule has 49 heavy (non-hydrogen) atoms. The predicted octanol–water partition coefficient (Wildman–Crippen LogP) is 7.13. The van der Waals surface area contributed by atoms with E-state index in [4.69, 9.17) is 9.72 Å². The number of fused-ring (bicyclic) bond motifs is 3. The Morgan fingerprint density at radius 3 is 2.06 bits per heavy atom.